The average molecular weight is 467 g/mol. The van der Waals surface area contributed by atoms with Crippen LogP contribution in [0.2, 0.25) is 0 Å². The number of rotatable bonds is 9. The van der Waals surface area contributed by atoms with E-state index in [1.54, 1.807) is 0 Å². The summed E-state index contributed by atoms with van der Waals surface area (Å²) in [7, 11) is 0. The molecule has 9 heteroatoms. The first-order valence-corrected chi connectivity index (χ1v) is 11.6. The summed E-state index contributed by atoms with van der Waals surface area (Å²) < 4.78 is 6.16. The molecule has 2 N–H and O–H groups in total. The lowest BCUT2D eigenvalue weighted by molar-refractivity contribution is -0.118. The van der Waals surface area contributed by atoms with E-state index in [2.05, 4.69) is 21.7 Å². The largest absolute Gasteiger partial charge is 0.445 e. The number of alkyl carbamates (subject to hydrolysis) is 1. The van der Waals surface area contributed by atoms with Crippen molar-refractivity contribution in [2.75, 3.05) is 11.1 Å². The lowest BCUT2D eigenvalue weighted by atomic mass is 10.1. The number of amides is 2. The number of nitrogens with zero attached hydrogens (tertiary/aromatic N) is 2. The van der Waals surface area contributed by atoms with E-state index in [0.29, 0.717) is 17.3 Å². The zero-order chi connectivity index (χ0) is 22.8. The van der Waals surface area contributed by atoms with Crippen molar-refractivity contribution in [3.63, 3.8) is 0 Å². The topological polar surface area (TPSA) is 104 Å². The van der Waals surface area contributed by atoms with Gasteiger partial charge < -0.3 is 15.4 Å². The number of benzene rings is 2. The van der Waals surface area contributed by atoms with Gasteiger partial charge in [-0.3, -0.25) is 4.79 Å². The zero-order valence-corrected chi connectivity index (χ0v) is 19.0. The van der Waals surface area contributed by atoms with Crippen LogP contribution in [-0.4, -0.2) is 28.8 Å². The third kappa shape index (κ3) is 7.11. The minimum absolute atomic E-state index is 0.109. The van der Waals surface area contributed by atoms with Crippen LogP contribution in [0.5, 0.6) is 0 Å². The molecule has 3 aromatic rings. The Kier molecular flexibility index (Phi) is 8.66. The number of carbonyl (C=O) groups is 2. The van der Waals surface area contributed by atoms with E-state index in [1.165, 1.54) is 23.1 Å². The van der Waals surface area contributed by atoms with E-state index in [0.717, 1.165) is 21.0 Å². The number of carbonyl (C=O) groups excluding carboxylic acids is 2. The first-order valence-electron chi connectivity index (χ1n) is 9.84. The molecule has 2 aromatic carbocycles. The molecule has 1 heterocycles. The fourth-order valence-corrected chi connectivity index (χ4v) is 4.63. The predicted octanol–water partition coefficient (Wildman–Crippen LogP) is 4.54. The van der Waals surface area contributed by atoms with Crippen LogP contribution in [0, 0.1) is 18.3 Å². The van der Waals surface area contributed by atoms with Gasteiger partial charge in [-0.05, 0) is 18.1 Å². The number of thioether (sulfide) groups is 1. The maximum absolute atomic E-state index is 13.0. The van der Waals surface area contributed by atoms with Gasteiger partial charge in [0.05, 0.1) is 21.7 Å². The fourth-order valence-electron chi connectivity index (χ4n) is 2.83. The van der Waals surface area contributed by atoms with Crippen LogP contribution in [0.25, 0.3) is 0 Å². The first-order chi connectivity index (χ1) is 15.5. The van der Waals surface area contributed by atoms with Crippen LogP contribution < -0.4 is 10.6 Å². The summed E-state index contributed by atoms with van der Waals surface area (Å²) in [4.78, 5) is 29.7. The Balaban J connectivity index is 1.67. The van der Waals surface area contributed by atoms with E-state index in [9.17, 15) is 9.59 Å². The molecule has 1 unspecified atom stereocenters. The highest BCUT2D eigenvalue weighted by atomic mass is 32.2. The van der Waals surface area contributed by atoms with Crippen molar-refractivity contribution in [3.05, 3.63) is 77.5 Å². The lowest BCUT2D eigenvalue weighted by Gasteiger charge is -2.18. The quantitative estimate of drug-likeness (QED) is 0.449. The number of hydrogen-bond acceptors (Lipinski definition) is 7. The van der Waals surface area contributed by atoms with Gasteiger partial charge in [-0.1, -0.05) is 83.8 Å². The van der Waals surface area contributed by atoms with Crippen LogP contribution in [0.1, 0.15) is 16.8 Å². The first kappa shape index (κ1) is 23.3. The minimum Gasteiger partial charge on any atom is -0.445 e. The van der Waals surface area contributed by atoms with Gasteiger partial charge in [0.1, 0.15) is 12.6 Å². The third-order valence-corrected chi connectivity index (χ3v) is 6.66. The SMILES string of the molecule is Cc1nc(NC(=O)C(Cc2ccccc2)NC(=O)OCc2ccccc2)sc1SCC#N. The molecule has 0 aliphatic rings. The Morgan fingerprint density at radius 3 is 2.44 bits per heavy atom. The molecule has 7 nitrogen and oxygen atoms in total. The van der Waals surface area contributed by atoms with Crippen LogP contribution >= 0.6 is 23.1 Å². The summed E-state index contributed by atoms with van der Waals surface area (Å²) in [5, 5.41) is 14.6. The second-order valence-electron chi connectivity index (χ2n) is 6.78. The lowest BCUT2D eigenvalue weighted by Crippen LogP contribution is -2.45. The summed E-state index contributed by atoms with van der Waals surface area (Å²) in [5.74, 6) is -0.0851. The van der Waals surface area contributed by atoms with E-state index < -0.39 is 18.0 Å². The second-order valence-corrected chi connectivity index (χ2v) is 9.02. The Labute approximate surface area is 194 Å². The zero-order valence-electron chi connectivity index (χ0n) is 17.4. The molecule has 2 amide bonds. The minimum atomic E-state index is -0.847. The molecule has 1 atom stereocenters. The molecular weight excluding hydrogens is 444 g/mol. The molecule has 3 rings (SSSR count). The van der Waals surface area contributed by atoms with Gasteiger partial charge in [-0.15, -0.1) is 0 Å². The number of hydrogen-bond donors (Lipinski definition) is 2. The molecule has 0 fully saturated rings. The van der Waals surface area contributed by atoms with Crippen molar-refractivity contribution >= 4 is 40.2 Å². The van der Waals surface area contributed by atoms with Crippen LogP contribution in [0.4, 0.5) is 9.93 Å². The predicted molar refractivity (Wildman–Crippen MR) is 126 cm³/mol. The molecule has 0 aliphatic carbocycles. The molecule has 0 saturated heterocycles. The Hall–Kier alpha value is -3.35. The molecule has 0 spiro atoms. The van der Waals surface area contributed by atoms with Gasteiger partial charge in [0.2, 0.25) is 5.91 Å². The Morgan fingerprint density at radius 1 is 1.12 bits per heavy atom. The fraction of sp³-hybridized carbons (Fsp3) is 0.217. The van der Waals surface area contributed by atoms with Gasteiger partial charge in [-0.2, -0.15) is 5.26 Å². The van der Waals surface area contributed by atoms with Crippen molar-refractivity contribution in [3.8, 4) is 6.07 Å². The number of aryl methyl sites for hydroxylation is 1. The number of nitriles is 1. The summed E-state index contributed by atoms with van der Waals surface area (Å²) in [6.45, 7) is 1.93. The van der Waals surface area contributed by atoms with Crippen molar-refractivity contribution in [2.24, 2.45) is 0 Å². The molecule has 1 aromatic heterocycles. The summed E-state index contributed by atoms with van der Waals surface area (Å²) in [6.07, 6.45) is -0.376. The summed E-state index contributed by atoms with van der Waals surface area (Å²) >= 11 is 2.68. The highest BCUT2D eigenvalue weighted by Gasteiger charge is 2.23. The van der Waals surface area contributed by atoms with Crippen molar-refractivity contribution in [2.45, 2.75) is 30.2 Å². The standard InChI is InChI=1S/C23H22N4O3S2/c1-16-21(31-13-12-24)32-22(25-16)27-20(28)19(14-17-8-4-2-5-9-17)26-23(29)30-15-18-10-6-3-7-11-18/h2-11,19H,13-15H2,1H3,(H,26,29)(H,25,27,28). The molecule has 0 aliphatic heterocycles. The van der Waals surface area contributed by atoms with Gasteiger partial charge in [0, 0.05) is 6.42 Å². The third-order valence-electron chi connectivity index (χ3n) is 4.36. The number of anilines is 1. The smallest absolute Gasteiger partial charge is 0.408 e. The summed E-state index contributed by atoms with van der Waals surface area (Å²) in [6, 6.07) is 20.0. The summed E-state index contributed by atoms with van der Waals surface area (Å²) in [5.41, 5.74) is 2.50. The molecule has 164 valence electrons. The Morgan fingerprint density at radius 2 is 1.78 bits per heavy atom. The van der Waals surface area contributed by atoms with E-state index >= 15 is 0 Å². The molecule has 0 saturated carbocycles. The maximum Gasteiger partial charge on any atom is 0.408 e. The Bertz CT molecular complexity index is 1080. The molecule has 32 heavy (non-hydrogen) atoms. The molecule has 0 radical (unpaired) electrons. The highest BCUT2D eigenvalue weighted by molar-refractivity contribution is 8.01. The highest BCUT2D eigenvalue weighted by Crippen LogP contribution is 2.31. The van der Waals surface area contributed by atoms with Gasteiger partial charge in [0.25, 0.3) is 0 Å². The van der Waals surface area contributed by atoms with E-state index in [1.807, 2.05) is 67.6 Å². The van der Waals surface area contributed by atoms with Gasteiger partial charge in [0.15, 0.2) is 5.13 Å². The second kappa shape index (κ2) is 11.9. The number of thiazole rings is 1. The van der Waals surface area contributed by atoms with Crippen molar-refractivity contribution in [1.82, 2.24) is 10.3 Å². The monoisotopic (exact) mass is 466 g/mol. The van der Waals surface area contributed by atoms with Crippen LogP contribution in [0.15, 0.2) is 64.9 Å². The molecular formula is C23H22N4O3S2. The number of ether oxygens (including phenoxy) is 1. The van der Waals surface area contributed by atoms with Crippen molar-refractivity contribution in [1.29, 1.82) is 5.26 Å². The van der Waals surface area contributed by atoms with E-state index in [4.69, 9.17) is 10.00 Å². The van der Waals surface area contributed by atoms with Crippen LogP contribution in [0.3, 0.4) is 0 Å². The molecule has 0 bridgehead atoms. The normalized spacial score (nSPS) is 11.2. The van der Waals surface area contributed by atoms with Crippen LogP contribution in [-0.2, 0) is 22.6 Å². The maximum atomic E-state index is 13.0. The van der Waals surface area contributed by atoms with E-state index in [-0.39, 0.29) is 6.61 Å². The van der Waals surface area contributed by atoms with Gasteiger partial charge in [-0.25, -0.2) is 9.78 Å². The van der Waals surface area contributed by atoms with Gasteiger partial charge >= 0.3 is 6.09 Å². The van der Waals surface area contributed by atoms with Crippen molar-refractivity contribution < 1.29 is 14.3 Å². The average Bonchev–Trinajstić information content (AvgIpc) is 3.15. The number of nitrogens with one attached hydrogen (secondary N) is 2. The number of aromatic nitrogens is 1.